The maximum absolute atomic E-state index is 13.2. The molecule has 7 heteroatoms. The molecule has 0 atom stereocenters. The first-order valence-electron chi connectivity index (χ1n) is 5.75. The molecule has 0 amide bonds. The van der Waals surface area contributed by atoms with Gasteiger partial charge in [-0.25, -0.2) is 14.4 Å². The number of hydrogen-bond acceptors (Lipinski definition) is 4. The van der Waals surface area contributed by atoms with Gasteiger partial charge in [0, 0.05) is 19.7 Å². The molecule has 0 bridgehead atoms. The normalized spacial score (nSPS) is 10.7. The van der Waals surface area contributed by atoms with E-state index in [-0.39, 0.29) is 5.02 Å². The van der Waals surface area contributed by atoms with Crippen molar-refractivity contribution in [2.45, 2.75) is 6.61 Å². The van der Waals surface area contributed by atoms with Crippen molar-refractivity contribution < 1.29 is 9.13 Å². The Balaban J connectivity index is 2.55. The molecule has 4 nitrogen and oxygen atoms in total. The second-order valence-corrected chi connectivity index (χ2v) is 5.17. The minimum absolute atomic E-state index is 0.0355. The van der Waals surface area contributed by atoms with Crippen molar-refractivity contribution in [1.82, 2.24) is 9.97 Å². The minimum Gasteiger partial charge on any atom is -0.378 e. The standard InChI is InChI=1S/C13H12BrClFN3O/c1-17-13-11(14)10(6-20-2)18-12(19-13)7-3-4-9(16)8(15)5-7/h3-5H,6H2,1-2H3,(H,17,18,19). The molecule has 0 radical (unpaired) electrons. The fraction of sp³-hybridized carbons (Fsp3) is 0.231. The molecule has 0 fully saturated rings. The average Bonchev–Trinajstić information content (AvgIpc) is 2.44. The van der Waals surface area contributed by atoms with Crippen LogP contribution in [0.25, 0.3) is 11.4 Å². The van der Waals surface area contributed by atoms with E-state index >= 15 is 0 Å². The smallest absolute Gasteiger partial charge is 0.161 e. The van der Waals surface area contributed by atoms with E-state index in [0.717, 1.165) is 4.47 Å². The average molecular weight is 361 g/mol. The zero-order valence-electron chi connectivity index (χ0n) is 10.9. The molecule has 0 saturated carbocycles. The molecule has 0 aliphatic carbocycles. The largest absolute Gasteiger partial charge is 0.378 e. The highest BCUT2D eigenvalue weighted by atomic mass is 79.9. The first-order chi connectivity index (χ1) is 9.56. The second-order valence-electron chi connectivity index (χ2n) is 3.97. The lowest BCUT2D eigenvalue weighted by atomic mass is 10.2. The maximum atomic E-state index is 13.2. The van der Waals surface area contributed by atoms with Crippen LogP contribution < -0.4 is 5.32 Å². The molecule has 20 heavy (non-hydrogen) atoms. The molecule has 106 valence electrons. The van der Waals surface area contributed by atoms with Gasteiger partial charge in [-0.05, 0) is 34.1 Å². The van der Waals surface area contributed by atoms with Gasteiger partial charge in [-0.1, -0.05) is 11.6 Å². The molecule has 2 aromatic rings. The molecule has 2 rings (SSSR count). The molecule has 1 aromatic heterocycles. The van der Waals surface area contributed by atoms with Gasteiger partial charge in [-0.15, -0.1) is 0 Å². The summed E-state index contributed by atoms with van der Waals surface area (Å²) in [4.78, 5) is 8.78. The van der Waals surface area contributed by atoms with Gasteiger partial charge in [0.05, 0.1) is 21.8 Å². The zero-order valence-corrected chi connectivity index (χ0v) is 13.2. The fourth-order valence-corrected chi connectivity index (χ4v) is 2.33. The number of methoxy groups -OCH3 is 1. The van der Waals surface area contributed by atoms with Crippen LogP contribution in [0.5, 0.6) is 0 Å². The van der Waals surface area contributed by atoms with E-state index in [1.807, 2.05) is 0 Å². The quantitative estimate of drug-likeness (QED) is 0.898. The van der Waals surface area contributed by atoms with Gasteiger partial charge < -0.3 is 10.1 Å². The van der Waals surface area contributed by atoms with E-state index in [0.29, 0.717) is 29.5 Å². The predicted molar refractivity (Wildman–Crippen MR) is 80.4 cm³/mol. The number of halogens is 3. The monoisotopic (exact) mass is 359 g/mol. The third-order valence-corrected chi connectivity index (χ3v) is 3.74. The Kier molecular flexibility index (Phi) is 4.91. The number of benzene rings is 1. The Labute approximate surface area is 129 Å². The lowest BCUT2D eigenvalue weighted by Gasteiger charge is -2.11. The Morgan fingerprint density at radius 1 is 1.40 bits per heavy atom. The van der Waals surface area contributed by atoms with Gasteiger partial charge in [-0.3, -0.25) is 0 Å². The third-order valence-electron chi connectivity index (χ3n) is 2.62. The molecule has 1 aromatic carbocycles. The van der Waals surface area contributed by atoms with E-state index in [4.69, 9.17) is 16.3 Å². The number of rotatable bonds is 4. The van der Waals surface area contributed by atoms with Crippen molar-refractivity contribution in [3.63, 3.8) is 0 Å². The van der Waals surface area contributed by atoms with E-state index in [2.05, 4.69) is 31.2 Å². The van der Waals surface area contributed by atoms with Crippen molar-refractivity contribution in [1.29, 1.82) is 0 Å². The van der Waals surface area contributed by atoms with E-state index in [1.165, 1.54) is 12.1 Å². The Morgan fingerprint density at radius 3 is 2.75 bits per heavy atom. The predicted octanol–water partition coefficient (Wildman–Crippen LogP) is 3.89. The van der Waals surface area contributed by atoms with Crippen LogP contribution in [0, 0.1) is 5.82 Å². The minimum atomic E-state index is -0.474. The van der Waals surface area contributed by atoms with Gasteiger partial charge >= 0.3 is 0 Å². The first kappa shape index (κ1) is 15.2. The summed E-state index contributed by atoms with van der Waals surface area (Å²) in [6.07, 6.45) is 0. The highest BCUT2D eigenvalue weighted by Crippen LogP contribution is 2.29. The molecule has 0 unspecified atom stereocenters. The number of aromatic nitrogens is 2. The Bertz CT molecular complexity index is 639. The van der Waals surface area contributed by atoms with Crippen LogP contribution in [0.4, 0.5) is 10.2 Å². The summed E-state index contributed by atoms with van der Waals surface area (Å²) in [5.74, 6) is 0.604. The molecule has 0 spiro atoms. The van der Waals surface area contributed by atoms with Crippen LogP contribution in [0.2, 0.25) is 5.02 Å². The molecule has 0 saturated heterocycles. The van der Waals surface area contributed by atoms with Gasteiger partial charge in [0.25, 0.3) is 0 Å². The molecule has 1 N–H and O–H groups in total. The number of nitrogens with zero attached hydrogens (tertiary/aromatic N) is 2. The van der Waals surface area contributed by atoms with Gasteiger partial charge in [0.15, 0.2) is 5.82 Å². The Morgan fingerprint density at radius 2 is 2.15 bits per heavy atom. The van der Waals surface area contributed by atoms with Crippen molar-refractivity contribution in [3.8, 4) is 11.4 Å². The summed E-state index contributed by atoms with van der Waals surface area (Å²) in [6.45, 7) is 0.333. The summed E-state index contributed by atoms with van der Waals surface area (Å²) in [5, 5.41) is 3.01. The Hall–Kier alpha value is -1.24. The maximum Gasteiger partial charge on any atom is 0.161 e. The van der Waals surface area contributed by atoms with E-state index in [1.54, 1.807) is 20.2 Å². The number of nitrogens with one attached hydrogen (secondary N) is 1. The second kappa shape index (κ2) is 6.47. The zero-order chi connectivity index (χ0) is 14.7. The van der Waals surface area contributed by atoms with Crippen molar-refractivity contribution in [3.05, 3.63) is 39.2 Å². The highest BCUT2D eigenvalue weighted by Gasteiger charge is 2.13. The molecular formula is C13H12BrClFN3O. The van der Waals surface area contributed by atoms with Crippen molar-refractivity contribution in [2.75, 3.05) is 19.5 Å². The summed E-state index contributed by atoms with van der Waals surface area (Å²) in [5.41, 5.74) is 1.33. The number of anilines is 1. The molecule has 1 heterocycles. The highest BCUT2D eigenvalue weighted by molar-refractivity contribution is 9.10. The topological polar surface area (TPSA) is 47.0 Å². The first-order valence-corrected chi connectivity index (χ1v) is 6.92. The van der Waals surface area contributed by atoms with Gasteiger partial charge in [0.2, 0.25) is 0 Å². The van der Waals surface area contributed by atoms with Crippen LogP contribution in [-0.4, -0.2) is 24.1 Å². The summed E-state index contributed by atoms with van der Waals surface area (Å²) in [6, 6.07) is 4.37. The van der Waals surface area contributed by atoms with Crippen molar-refractivity contribution in [2.24, 2.45) is 0 Å². The summed E-state index contributed by atoms with van der Waals surface area (Å²) >= 11 is 9.21. The van der Waals surface area contributed by atoms with E-state index < -0.39 is 5.82 Å². The van der Waals surface area contributed by atoms with Gasteiger partial charge in [-0.2, -0.15) is 0 Å². The molecular weight excluding hydrogens is 349 g/mol. The molecule has 0 aliphatic heterocycles. The number of ether oxygens (including phenoxy) is 1. The van der Waals surface area contributed by atoms with Crippen LogP contribution in [-0.2, 0) is 11.3 Å². The SMILES string of the molecule is CNc1nc(-c2ccc(F)c(Cl)c2)nc(COC)c1Br. The van der Waals surface area contributed by atoms with Crippen LogP contribution >= 0.6 is 27.5 Å². The summed E-state index contributed by atoms with van der Waals surface area (Å²) < 4.78 is 19.1. The molecule has 0 aliphatic rings. The van der Waals surface area contributed by atoms with Crippen LogP contribution in [0.15, 0.2) is 22.7 Å². The van der Waals surface area contributed by atoms with Crippen LogP contribution in [0.1, 0.15) is 5.69 Å². The fourth-order valence-electron chi connectivity index (χ4n) is 1.66. The summed E-state index contributed by atoms with van der Waals surface area (Å²) in [7, 11) is 3.34. The van der Waals surface area contributed by atoms with E-state index in [9.17, 15) is 4.39 Å². The lowest BCUT2D eigenvalue weighted by molar-refractivity contribution is 0.181. The van der Waals surface area contributed by atoms with Crippen LogP contribution in [0.3, 0.4) is 0 Å². The van der Waals surface area contributed by atoms with Crippen molar-refractivity contribution >= 4 is 33.3 Å². The lowest BCUT2D eigenvalue weighted by Crippen LogP contribution is -2.04. The van der Waals surface area contributed by atoms with Gasteiger partial charge in [0.1, 0.15) is 11.6 Å². The number of hydrogen-bond donors (Lipinski definition) is 1. The third kappa shape index (κ3) is 3.08.